The summed E-state index contributed by atoms with van der Waals surface area (Å²) in [7, 11) is 0. The van der Waals surface area contributed by atoms with Gasteiger partial charge in [0, 0.05) is 12.5 Å². The van der Waals surface area contributed by atoms with Crippen LogP contribution in [0.2, 0.25) is 0 Å². The minimum absolute atomic E-state index is 0.0573. The van der Waals surface area contributed by atoms with Gasteiger partial charge in [0.2, 0.25) is 5.01 Å². The Morgan fingerprint density at radius 2 is 2.46 bits per heavy atom. The topological polar surface area (TPSA) is 72.3 Å². The van der Waals surface area contributed by atoms with E-state index in [2.05, 4.69) is 10.2 Å². The molecular formula is C7H8N2O3S. The van der Waals surface area contributed by atoms with Crippen molar-refractivity contribution in [1.82, 2.24) is 10.2 Å². The summed E-state index contributed by atoms with van der Waals surface area (Å²) in [5, 5.41) is 16.8. The van der Waals surface area contributed by atoms with Crippen molar-refractivity contribution in [1.29, 1.82) is 0 Å². The van der Waals surface area contributed by atoms with E-state index in [0.29, 0.717) is 6.61 Å². The highest BCUT2D eigenvalue weighted by atomic mass is 32.1. The lowest BCUT2D eigenvalue weighted by Gasteiger charge is -1.98. The molecule has 0 spiro atoms. The van der Waals surface area contributed by atoms with Gasteiger partial charge in [0.15, 0.2) is 0 Å². The normalized spacial score (nSPS) is 22.0. The second kappa shape index (κ2) is 3.39. The van der Waals surface area contributed by atoms with Gasteiger partial charge in [-0.3, -0.25) is 0 Å². The predicted molar refractivity (Wildman–Crippen MR) is 45.0 cm³/mol. The summed E-state index contributed by atoms with van der Waals surface area (Å²) in [5.74, 6) is -0.770. The number of rotatable bonds is 2. The van der Waals surface area contributed by atoms with Gasteiger partial charge in [-0.05, 0) is 6.42 Å². The van der Waals surface area contributed by atoms with E-state index in [-0.39, 0.29) is 10.9 Å². The van der Waals surface area contributed by atoms with Crippen LogP contribution in [0, 0.1) is 0 Å². The van der Waals surface area contributed by atoms with Gasteiger partial charge in [0.25, 0.3) is 0 Å². The van der Waals surface area contributed by atoms with Gasteiger partial charge in [-0.25, -0.2) is 4.79 Å². The molecule has 1 fully saturated rings. The molecule has 2 heterocycles. The number of carboxylic acid groups (broad SMARTS) is 1. The fourth-order valence-electron chi connectivity index (χ4n) is 1.22. The fraction of sp³-hybridized carbons (Fsp3) is 0.571. The Labute approximate surface area is 78.4 Å². The Hall–Kier alpha value is -1.01. The fourth-order valence-corrected chi connectivity index (χ4v) is 2.02. The van der Waals surface area contributed by atoms with Gasteiger partial charge < -0.3 is 9.84 Å². The molecule has 0 bridgehead atoms. The van der Waals surface area contributed by atoms with Crippen LogP contribution in [0.15, 0.2) is 0 Å². The number of carboxylic acids is 1. The van der Waals surface area contributed by atoms with Crippen LogP contribution >= 0.6 is 11.3 Å². The molecule has 0 aliphatic carbocycles. The molecule has 1 aromatic rings. The van der Waals surface area contributed by atoms with E-state index in [1.54, 1.807) is 0 Å². The van der Waals surface area contributed by atoms with Crippen LogP contribution in [0.3, 0.4) is 0 Å². The Morgan fingerprint density at radius 1 is 1.62 bits per heavy atom. The van der Waals surface area contributed by atoms with Crippen LogP contribution in [-0.2, 0) is 4.74 Å². The third-order valence-electron chi connectivity index (χ3n) is 1.90. The molecule has 2 rings (SSSR count). The molecule has 1 atom stereocenters. The molecule has 13 heavy (non-hydrogen) atoms. The third kappa shape index (κ3) is 1.68. The summed E-state index contributed by atoms with van der Waals surface area (Å²) in [6.07, 6.45) is 0.911. The zero-order valence-electron chi connectivity index (χ0n) is 6.77. The molecule has 6 heteroatoms. The zero-order valence-corrected chi connectivity index (χ0v) is 7.58. The van der Waals surface area contributed by atoms with Crippen molar-refractivity contribution in [2.75, 3.05) is 13.2 Å². The number of aromatic nitrogens is 2. The van der Waals surface area contributed by atoms with E-state index in [4.69, 9.17) is 9.84 Å². The van der Waals surface area contributed by atoms with E-state index in [1.807, 2.05) is 0 Å². The van der Waals surface area contributed by atoms with E-state index in [0.717, 1.165) is 29.4 Å². The second-order valence-corrected chi connectivity index (χ2v) is 3.82. The standard InChI is InChI=1S/C7H8N2O3S/c10-7(11)6-9-8-5(13-6)4-1-2-12-3-4/h4H,1-3H2,(H,10,11). The first-order valence-corrected chi connectivity index (χ1v) is 4.73. The molecule has 70 valence electrons. The second-order valence-electron chi connectivity index (χ2n) is 2.81. The Morgan fingerprint density at radius 3 is 3.00 bits per heavy atom. The molecule has 1 aliphatic rings. The van der Waals surface area contributed by atoms with Crippen molar-refractivity contribution in [2.24, 2.45) is 0 Å². The van der Waals surface area contributed by atoms with Crippen molar-refractivity contribution < 1.29 is 14.6 Å². The van der Waals surface area contributed by atoms with Crippen molar-refractivity contribution in [3.05, 3.63) is 10.0 Å². The Balaban J connectivity index is 2.16. The smallest absolute Gasteiger partial charge is 0.367 e. The zero-order chi connectivity index (χ0) is 9.26. The molecule has 1 aliphatic heterocycles. The van der Waals surface area contributed by atoms with Crippen LogP contribution in [-0.4, -0.2) is 34.5 Å². The van der Waals surface area contributed by atoms with Crippen molar-refractivity contribution in [3.63, 3.8) is 0 Å². The number of aromatic carboxylic acids is 1. The van der Waals surface area contributed by atoms with Gasteiger partial charge in [-0.2, -0.15) is 0 Å². The molecule has 0 radical (unpaired) electrons. The SMILES string of the molecule is O=C(O)c1nnc(C2CCOC2)s1. The summed E-state index contributed by atoms with van der Waals surface area (Å²) >= 11 is 1.14. The number of nitrogens with zero attached hydrogens (tertiary/aromatic N) is 2. The molecule has 1 aromatic heterocycles. The highest BCUT2D eigenvalue weighted by Crippen LogP contribution is 2.27. The highest BCUT2D eigenvalue weighted by Gasteiger charge is 2.23. The molecule has 0 saturated carbocycles. The molecule has 1 saturated heterocycles. The average molecular weight is 200 g/mol. The van der Waals surface area contributed by atoms with E-state index < -0.39 is 5.97 Å². The van der Waals surface area contributed by atoms with E-state index in [9.17, 15) is 4.79 Å². The van der Waals surface area contributed by atoms with Crippen molar-refractivity contribution in [3.8, 4) is 0 Å². The monoisotopic (exact) mass is 200 g/mol. The van der Waals surface area contributed by atoms with E-state index in [1.165, 1.54) is 0 Å². The highest BCUT2D eigenvalue weighted by molar-refractivity contribution is 7.13. The van der Waals surface area contributed by atoms with Crippen LogP contribution in [0.5, 0.6) is 0 Å². The third-order valence-corrected chi connectivity index (χ3v) is 2.98. The Bertz CT molecular complexity index is 319. The van der Waals surface area contributed by atoms with Crippen molar-refractivity contribution >= 4 is 17.3 Å². The van der Waals surface area contributed by atoms with Gasteiger partial charge in [-0.1, -0.05) is 11.3 Å². The first-order valence-electron chi connectivity index (χ1n) is 3.92. The number of carbonyl (C=O) groups is 1. The molecule has 1 unspecified atom stereocenters. The summed E-state index contributed by atoms with van der Waals surface area (Å²) in [6, 6.07) is 0. The average Bonchev–Trinajstić information content (AvgIpc) is 2.75. The predicted octanol–water partition coefficient (Wildman–Crippen LogP) is 0.740. The molecule has 0 aromatic carbocycles. The lowest BCUT2D eigenvalue weighted by atomic mass is 10.1. The number of hydrogen-bond donors (Lipinski definition) is 1. The summed E-state index contributed by atoms with van der Waals surface area (Å²) in [4.78, 5) is 10.5. The van der Waals surface area contributed by atoms with Gasteiger partial charge in [-0.15, -0.1) is 10.2 Å². The quantitative estimate of drug-likeness (QED) is 0.762. The lowest BCUT2D eigenvalue weighted by molar-refractivity contribution is 0.0695. The van der Waals surface area contributed by atoms with Crippen LogP contribution in [0.1, 0.15) is 27.1 Å². The maximum absolute atomic E-state index is 10.5. The van der Waals surface area contributed by atoms with Crippen molar-refractivity contribution in [2.45, 2.75) is 12.3 Å². The van der Waals surface area contributed by atoms with Crippen LogP contribution < -0.4 is 0 Å². The lowest BCUT2D eigenvalue weighted by Crippen LogP contribution is -1.95. The molecular weight excluding hydrogens is 192 g/mol. The summed E-state index contributed by atoms with van der Waals surface area (Å²) in [6.45, 7) is 1.36. The van der Waals surface area contributed by atoms with Gasteiger partial charge >= 0.3 is 5.97 Å². The van der Waals surface area contributed by atoms with Gasteiger partial charge in [0.05, 0.1) is 6.61 Å². The summed E-state index contributed by atoms with van der Waals surface area (Å²) in [5.41, 5.74) is 0. The van der Waals surface area contributed by atoms with Crippen LogP contribution in [0.4, 0.5) is 0 Å². The maximum Gasteiger partial charge on any atom is 0.367 e. The number of ether oxygens (including phenoxy) is 1. The van der Waals surface area contributed by atoms with E-state index >= 15 is 0 Å². The molecule has 0 amide bonds. The van der Waals surface area contributed by atoms with Gasteiger partial charge in [0.1, 0.15) is 5.01 Å². The number of hydrogen-bond acceptors (Lipinski definition) is 5. The molecule has 1 N–H and O–H groups in total. The minimum Gasteiger partial charge on any atom is -0.476 e. The largest absolute Gasteiger partial charge is 0.476 e. The van der Waals surface area contributed by atoms with Crippen LogP contribution in [0.25, 0.3) is 0 Å². The Kier molecular flexibility index (Phi) is 2.24. The summed E-state index contributed by atoms with van der Waals surface area (Å²) < 4.78 is 5.17. The molecule has 5 nitrogen and oxygen atoms in total. The maximum atomic E-state index is 10.5. The minimum atomic E-state index is -1.01. The first kappa shape index (κ1) is 8.58. The first-order chi connectivity index (χ1) is 6.27.